The predicted molar refractivity (Wildman–Crippen MR) is 88.8 cm³/mol. The summed E-state index contributed by atoms with van der Waals surface area (Å²) in [5, 5.41) is 31.9. The van der Waals surface area contributed by atoms with E-state index < -0.39 is 61.3 Å². The van der Waals surface area contributed by atoms with Crippen molar-refractivity contribution in [2.75, 3.05) is 13.2 Å². The molecule has 2 rings (SSSR count). The van der Waals surface area contributed by atoms with Crippen LogP contribution in [0.2, 0.25) is 0 Å². The smallest absolute Gasteiger partial charge is 0.323 e. The molecule has 5 atom stereocenters. The van der Waals surface area contributed by atoms with Crippen molar-refractivity contribution in [3.8, 4) is 0 Å². The first-order valence-electron chi connectivity index (χ1n) is 9.47. The number of aliphatic hydroxyl groups is 3. The minimum atomic E-state index is -3.91. The number of halogens is 1. The molecule has 2 aliphatic heterocycles. The maximum absolute atomic E-state index is 15.5. The van der Waals surface area contributed by atoms with Gasteiger partial charge in [0.25, 0.3) is 11.8 Å². The molecule has 11 heteroatoms. The molecule has 0 aromatic rings. The molecular formula is C16H24FN3O7. The van der Waals surface area contributed by atoms with Crippen molar-refractivity contribution in [2.45, 2.75) is 44.2 Å². The number of hydrogen-bond acceptors (Lipinski definition) is 9. The molecule has 1 fully saturated rings. The Morgan fingerprint density at radius 2 is 2.30 bits per heavy atom. The fraction of sp³-hybridized carbons (Fsp3) is 0.625. The van der Waals surface area contributed by atoms with Crippen LogP contribution in [0, 0.1) is 5.92 Å². The second kappa shape index (κ2) is 7.90. The molecule has 0 aliphatic carbocycles. The molecule has 2 heterocycles. The average Bonchev–Trinajstić information content (AvgIpc) is 2.82. The number of hydrogen-bond donors (Lipinski definition) is 5. The molecule has 0 radical (unpaired) electrons. The van der Waals surface area contributed by atoms with E-state index in [0.29, 0.717) is 4.90 Å². The van der Waals surface area contributed by atoms with Crippen molar-refractivity contribution in [3.05, 3.63) is 24.2 Å². The Hall–Kier alpha value is -2.05. The normalized spacial score (nSPS) is 37.3. The zero-order valence-electron chi connectivity index (χ0n) is 17.7. The molecule has 27 heavy (non-hydrogen) atoms. The Morgan fingerprint density at radius 3 is 2.85 bits per heavy atom. The Balaban J connectivity index is 2.41. The standard InChI is InChI=1S/C16H24FN3O7/c1-7(2)10(18)15(25)26-6-16(17)12(23)11(22)14(27-16)20-4-9(5-21)13(24)19-8(20)3/h4,7,10-12,14,21-23H,3,5-6,18H2,1-2H3,(H,19,24)/t10-,11+,12-,14+,16+/m0/s1/i6D2,14D. The van der Waals surface area contributed by atoms with Crippen molar-refractivity contribution >= 4 is 11.9 Å². The van der Waals surface area contributed by atoms with Crippen molar-refractivity contribution in [3.63, 3.8) is 0 Å². The zero-order valence-corrected chi connectivity index (χ0v) is 14.7. The summed E-state index contributed by atoms with van der Waals surface area (Å²) in [6, 6.07) is -1.32. The van der Waals surface area contributed by atoms with Crippen LogP contribution in [0.5, 0.6) is 0 Å². The van der Waals surface area contributed by atoms with Crippen LogP contribution < -0.4 is 11.1 Å². The van der Waals surface area contributed by atoms with Gasteiger partial charge in [0.1, 0.15) is 24.1 Å². The third-order valence-electron chi connectivity index (χ3n) is 4.00. The fourth-order valence-electron chi connectivity index (χ4n) is 2.22. The molecule has 0 saturated carbocycles. The summed E-state index contributed by atoms with van der Waals surface area (Å²) in [6.07, 6.45) is -7.27. The topological polar surface area (TPSA) is 155 Å². The number of aliphatic hydroxyl groups excluding tert-OH is 3. The minimum Gasteiger partial charge on any atom is -0.458 e. The Kier molecular flexibility index (Phi) is 5.00. The van der Waals surface area contributed by atoms with E-state index in [1.54, 1.807) is 0 Å². The minimum absolute atomic E-state index is 0.312. The Labute approximate surface area is 159 Å². The lowest BCUT2D eigenvalue weighted by Gasteiger charge is -2.34. The molecule has 2 aliphatic rings. The first kappa shape index (κ1) is 17.1. The summed E-state index contributed by atoms with van der Waals surface area (Å²) in [5.74, 6) is -6.90. The van der Waals surface area contributed by atoms with Gasteiger partial charge < -0.3 is 40.7 Å². The lowest BCUT2D eigenvalue weighted by atomic mass is 10.1. The van der Waals surface area contributed by atoms with Crippen LogP contribution in [0.15, 0.2) is 24.2 Å². The molecule has 10 nitrogen and oxygen atoms in total. The number of rotatable bonds is 6. The van der Waals surface area contributed by atoms with Crippen molar-refractivity contribution in [2.24, 2.45) is 11.7 Å². The third kappa shape index (κ3) is 4.12. The molecule has 0 aromatic carbocycles. The summed E-state index contributed by atoms with van der Waals surface area (Å²) in [7, 11) is 0. The van der Waals surface area contributed by atoms with Gasteiger partial charge in [0.15, 0.2) is 12.8 Å². The van der Waals surface area contributed by atoms with Gasteiger partial charge in [0.2, 0.25) is 0 Å². The lowest BCUT2D eigenvalue weighted by Crippen LogP contribution is -2.48. The molecule has 0 bridgehead atoms. The number of nitrogens with one attached hydrogen (secondary N) is 1. The van der Waals surface area contributed by atoms with Crippen LogP contribution in [0.1, 0.15) is 18.0 Å². The van der Waals surface area contributed by atoms with Gasteiger partial charge in [-0.15, -0.1) is 0 Å². The number of carbonyl (C=O) groups is 2. The van der Waals surface area contributed by atoms with Gasteiger partial charge >= 0.3 is 5.97 Å². The average molecular weight is 392 g/mol. The van der Waals surface area contributed by atoms with Crippen LogP contribution in [0.25, 0.3) is 0 Å². The van der Waals surface area contributed by atoms with Gasteiger partial charge in [0, 0.05) is 6.20 Å². The summed E-state index contributed by atoms with van der Waals surface area (Å²) in [6.45, 7) is 2.02. The molecule has 152 valence electrons. The van der Waals surface area contributed by atoms with Gasteiger partial charge in [-0.25, -0.2) is 4.39 Å². The van der Waals surface area contributed by atoms with Gasteiger partial charge in [-0.05, 0) is 5.92 Å². The quantitative estimate of drug-likeness (QED) is 0.324. The highest BCUT2D eigenvalue weighted by Crippen LogP contribution is 2.36. The molecule has 6 N–H and O–H groups in total. The monoisotopic (exact) mass is 392 g/mol. The molecule has 1 saturated heterocycles. The van der Waals surface area contributed by atoms with Gasteiger partial charge in [-0.1, -0.05) is 20.4 Å². The van der Waals surface area contributed by atoms with Crippen molar-refractivity contribution in [1.82, 2.24) is 10.2 Å². The van der Waals surface area contributed by atoms with E-state index in [1.165, 1.54) is 13.8 Å². The number of ether oxygens (including phenoxy) is 2. The first-order valence-corrected chi connectivity index (χ1v) is 7.97. The number of nitrogens with zero attached hydrogens (tertiary/aromatic N) is 1. The summed E-state index contributed by atoms with van der Waals surface area (Å²) >= 11 is 0. The molecule has 0 spiro atoms. The highest BCUT2D eigenvalue weighted by atomic mass is 19.2. The van der Waals surface area contributed by atoms with Gasteiger partial charge in [-0.2, -0.15) is 0 Å². The summed E-state index contributed by atoms with van der Waals surface area (Å²) in [4.78, 5) is 24.3. The second-order valence-electron chi connectivity index (χ2n) is 6.35. The van der Waals surface area contributed by atoms with Crippen LogP contribution in [-0.4, -0.2) is 75.6 Å². The maximum Gasteiger partial charge on any atom is 0.323 e. The number of nitrogens with two attached hydrogens (primary N) is 1. The van der Waals surface area contributed by atoms with E-state index in [0.717, 1.165) is 6.20 Å². The summed E-state index contributed by atoms with van der Waals surface area (Å²) < 4.78 is 48.7. The van der Waals surface area contributed by atoms with E-state index in [1.807, 2.05) is 0 Å². The Bertz CT molecular complexity index is 783. The molecule has 1 amide bonds. The third-order valence-corrected chi connectivity index (χ3v) is 4.00. The highest BCUT2D eigenvalue weighted by molar-refractivity contribution is 5.95. The van der Waals surface area contributed by atoms with Crippen LogP contribution in [0.4, 0.5) is 4.39 Å². The van der Waals surface area contributed by atoms with Crippen molar-refractivity contribution in [1.29, 1.82) is 0 Å². The van der Waals surface area contributed by atoms with Crippen LogP contribution >= 0.6 is 0 Å². The number of carbonyl (C=O) groups excluding carboxylic acids is 2. The van der Waals surface area contributed by atoms with E-state index in [4.69, 9.17) is 14.6 Å². The number of amides is 1. The Morgan fingerprint density at radius 1 is 1.67 bits per heavy atom. The SMILES string of the molecule is [2H]C([2H])(OC(=O)[C@@H](N)C(C)C)[C@@]1(F)O[C@@]([2H])(N2C=C(CO)C(=O)NC2=C)[C@H](O)[C@@H]1O. The van der Waals surface area contributed by atoms with Crippen LogP contribution in [0.3, 0.4) is 0 Å². The van der Waals surface area contributed by atoms with E-state index in [2.05, 4.69) is 16.6 Å². The highest BCUT2D eigenvalue weighted by Gasteiger charge is 2.58. The largest absolute Gasteiger partial charge is 0.458 e. The zero-order chi connectivity index (χ0) is 23.2. The molecular weight excluding hydrogens is 365 g/mol. The van der Waals surface area contributed by atoms with Gasteiger partial charge in [-0.3, -0.25) is 9.59 Å². The van der Waals surface area contributed by atoms with Crippen LogP contribution in [-0.2, 0) is 19.1 Å². The van der Waals surface area contributed by atoms with E-state index >= 15 is 4.39 Å². The number of alkyl halides is 1. The first-order chi connectivity index (χ1) is 13.6. The maximum atomic E-state index is 15.5. The fourth-order valence-corrected chi connectivity index (χ4v) is 2.22. The van der Waals surface area contributed by atoms with Crippen molar-refractivity contribution < 1.29 is 42.9 Å². The predicted octanol–water partition coefficient (Wildman–Crippen LogP) is -1.96. The molecule has 0 aromatic heterocycles. The van der Waals surface area contributed by atoms with E-state index in [9.17, 15) is 24.9 Å². The van der Waals surface area contributed by atoms with Gasteiger partial charge in [0.05, 0.1) is 16.3 Å². The second-order valence-corrected chi connectivity index (χ2v) is 6.35. The summed E-state index contributed by atoms with van der Waals surface area (Å²) in [5.41, 5.74) is 5.25. The molecule has 0 unspecified atom stereocenters. The number of esters is 1. The lowest BCUT2D eigenvalue weighted by molar-refractivity contribution is -0.219. The van der Waals surface area contributed by atoms with E-state index in [-0.39, 0.29) is 11.4 Å².